The minimum atomic E-state index is -0.683. The summed E-state index contributed by atoms with van der Waals surface area (Å²) in [5, 5.41) is 4.75. The van der Waals surface area contributed by atoms with Gasteiger partial charge in [0.2, 0.25) is 0 Å². The predicted molar refractivity (Wildman–Crippen MR) is 145 cm³/mol. The summed E-state index contributed by atoms with van der Waals surface area (Å²) in [6.07, 6.45) is 3.70. The highest BCUT2D eigenvalue weighted by molar-refractivity contribution is 7.12. The van der Waals surface area contributed by atoms with Gasteiger partial charge in [0.15, 0.2) is 5.78 Å². The van der Waals surface area contributed by atoms with Crippen molar-refractivity contribution in [3.63, 3.8) is 0 Å². The van der Waals surface area contributed by atoms with E-state index >= 15 is 0 Å². The molecule has 1 N–H and O–H groups in total. The molecular formula is C28H23ClN4O4S. The van der Waals surface area contributed by atoms with Gasteiger partial charge in [-0.15, -0.1) is 11.3 Å². The second-order valence-electron chi connectivity index (χ2n) is 8.74. The van der Waals surface area contributed by atoms with Crippen LogP contribution in [0.25, 0.3) is 0 Å². The number of carbonyl (C=O) groups excluding carboxylic acids is 3. The van der Waals surface area contributed by atoms with E-state index in [9.17, 15) is 14.4 Å². The van der Waals surface area contributed by atoms with Crippen LogP contribution in [0, 0.1) is 0 Å². The van der Waals surface area contributed by atoms with Crippen molar-refractivity contribution in [1.29, 1.82) is 0 Å². The number of ether oxygens (including phenoxy) is 1. The van der Waals surface area contributed by atoms with Crippen LogP contribution in [0.4, 0.5) is 5.82 Å². The molecule has 0 radical (unpaired) electrons. The topological polar surface area (TPSA) is 101 Å². The van der Waals surface area contributed by atoms with Gasteiger partial charge in [-0.25, -0.2) is 4.98 Å². The molecule has 4 aromatic rings. The molecule has 0 fully saturated rings. The summed E-state index contributed by atoms with van der Waals surface area (Å²) in [4.78, 5) is 50.4. The lowest BCUT2D eigenvalue weighted by molar-refractivity contribution is -0.122. The summed E-state index contributed by atoms with van der Waals surface area (Å²) in [6, 6.07) is 14.9. The van der Waals surface area contributed by atoms with Crippen molar-refractivity contribution in [2.45, 2.75) is 25.4 Å². The Hall–Kier alpha value is -4.08. The number of carbonyl (C=O) groups is 3. The molecule has 0 saturated carbocycles. The number of Topliss-reactive ketones (excluding diaryl/α,β-unsaturated/α-hetero) is 1. The van der Waals surface area contributed by atoms with Gasteiger partial charge in [-0.2, -0.15) is 0 Å². The Morgan fingerprint density at radius 2 is 2.00 bits per heavy atom. The van der Waals surface area contributed by atoms with E-state index in [2.05, 4.69) is 15.3 Å². The highest BCUT2D eigenvalue weighted by Gasteiger charge is 2.36. The number of benzene rings is 1. The van der Waals surface area contributed by atoms with Crippen LogP contribution in [0.5, 0.6) is 5.75 Å². The molecule has 0 spiro atoms. The SMILES string of the molecule is COc1ccnc(NC(=O)c2ccc(CN3C(=O)c4sccc4CC(=O)C3Cc3ccccn3)cc2Cl)c1. The molecule has 10 heteroatoms. The third-order valence-electron chi connectivity index (χ3n) is 6.28. The lowest BCUT2D eigenvalue weighted by Crippen LogP contribution is -2.44. The molecule has 38 heavy (non-hydrogen) atoms. The highest BCUT2D eigenvalue weighted by atomic mass is 35.5. The van der Waals surface area contributed by atoms with E-state index in [1.807, 2.05) is 29.6 Å². The van der Waals surface area contributed by atoms with Gasteiger partial charge in [0.1, 0.15) is 11.6 Å². The number of fused-ring (bicyclic) bond motifs is 1. The average Bonchev–Trinajstić information content (AvgIpc) is 3.36. The molecule has 1 aliphatic heterocycles. The lowest BCUT2D eigenvalue weighted by atomic mass is 10.0. The largest absolute Gasteiger partial charge is 0.497 e. The van der Waals surface area contributed by atoms with Crippen molar-refractivity contribution in [2.24, 2.45) is 0 Å². The second kappa shape index (κ2) is 11.1. The van der Waals surface area contributed by atoms with Crippen LogP contribution in [0.2, 0.25) is 5.02 Å². The first kappa shape index (κ1) is 25.6. The van der Waals surface area contributed by atoms with Crippen molar-refractivity contribution in [2.75, 3.05) is 12.4 Å². The van der Waals surface area contributed by atoms with Gasteiger partial charge < -0.3 is 15.0 Å². The molecule has 4 heterocycles. The van der Waals surface area contributed by atoms with Crippen LogP contribution in [0.15, 0.2) is 72.4 Å². The number of nitrogens with one attached hydrogen (secondary N) is 1. The first-order valence-corrected chi connectivity index (χ1v) is 13.1. The maximum atomic E-state index is 13.6. The number of methoxy groups -OCH3 is 1. The Labute approximate surface area is 228 Å². The number of anilines is 1. The first-order valence-electron chi connectivity index (χ1n) is 11.8. The van der Waals surface area contributed by atoms with E-state index in [0.717, 1.165) is 11.3 Å². The number of thiophene rings is 1. The van der Waals surface area contributed by atoms with Crippen LogP contribution in [-0.2, 0) is 24.2 Å². The number of pyridine rings is 2. The number of nitrogens with zero attached hydrogens (tertiary/aromatic N) is 3. The predicted octanol–water partition coefficient (Wildman–Crippen LogP) is 4.83. The maximum absolute atomic E-state index is 13.6. The number of hydrogen-bond acceptors (Lipinski definition) is 7. The second-order valence-corrected chi connectivity index (χ2v) is 10.1. The summed E-state index contributed by atoms with van der Waals surface area (Å²) in [5.74, 6) is 0.201. The van der Waals surface area contributed by atoms with Crippen molar-refractivity contribution in [3.05, 3.63) is 105 Å². The average molecular weight is 547 g/mol. The van der Waals surface area contributed by atoms with E-state index in [-0.39, 0.29) is 35.2 Å². The summed E-state index contributed by atoms with van der Waals surface area (Å²) in [7, 11) is 1.53. The van der Waals surface area contributed by atoms with Gasteiger partial charge in [0.05, 0.1) is 28.6 Å². The molecule has 8 nitrogen and oxygen atoms in total. The van der Waals surface area contributed by atoms with Crippen LogP contribution < -0.4 is 10.1 Å². The minimum absolute atomic E-state index is 0.0472. The zero-order valence-corrected chi connectivity index (χ0v) is 22.0. The number of amides is 2. The van der Waals surface area contributed by atoms with Crippen LogP contribution >= 0.6 is 22.9 Å². The molecule has 1 unspecified atom stereocenters. The molecule has 2 amide bonds. The molecule has 1 atom stereocenters. The minimum Gasteiger partial charge on any atom is -0.497 e. The zero-order chi connectivity index (χ0) is 26.6. The van der Waals surface area contributed by atoms with Gasteiger partial charge in [0.25, 0.3) is 11.8 Å². The normalized spacial score (nSPS) is 15.1. The fourth-order valence-corrected chi connectivity index (χ4v) is 5.53. The Balaban J connectivity index is 1.40. The fourth-order valence-electron chi connectivity index (χ4n) is 4.36. The molecule has 0 bridgehead atoms. The van der Waals surface area contributed by atoms with Crippen molar-refractivity contribution in [3.8, 4) is 5.75 Å². The van der Waals surface area contributed by atoms with Gasteiger partial charge in [-0.05, 0) is 52.9 Å². The van der Waals surface area contributed by atoms with Crippen molar-refractivity contribution >= 4 is 46.4 Å². The number of ketones is 1. The Kier molecular flexibility index (Phi) is 7.48. The van der Waals surface area contributed by atoms with E-state index in [0.29, 0.717) is 28.4 Å². The lowest BCUT2D eigenvalue weighted by Gasteiger charge is -2.29. The molecular weight excluding hydrogens is 524 g/mol. The molecule has 5 rings (SSSR count). The molecule has 0 saturated heterocycles. The fraction of sp³-hybridized carbons (Fsp3) is 0.179. The maximum Gasteiger partial charge on any atom is 0.265 e. The van der Waals surface area contributed by atoms with Gasteiger partial charge >= 0.3 is 0 Å². The third-order valence-corrected chi connectivity index (χ3v) is 7.54. The molecule has 3 aromatic heterocycles. The number of halogens is 1. The smallest absolute Gasteiger partial charge is 0.265 e. The Morgan fingerprint density at radius 3 is 2.76 bits per heavy atom. The van der Waals surface area contributed by atoms with Crippen molar-refractivity contribution in [1.82, 2.24) is 14.9 Å². The summed E-state index contributed by atoms with van der Waals surface area (Å²) in [6.45, 7) is 0.151. The monoisotopic (exact) mass is 546 g/mol. The van der Waals surface area contributed by atoms with Gasteiger partial charge in [-0.3, -0.25) is 19.4 Å². The standard InChI is InChI=1S/C28H23ClN4O4S/c1-37-20-7-10-31-25(15-20)32-27(35)21-6-5-17(12-22(21)29)16-33-23(14-19-4-2-3-9-30-19)24(34)13-18-8-11-38-26(18)28(33)36/h2-12,15,23H,13-14,16H2,1H3,(H,31,32,35). The molecule has 192 valence electrons. The molecule has 1 aliphatic rings. The summed E-state index contributed by atoms with van der Waals surface area (Å²) >= 11 is 7.84. The highest BCUT2D eigenvalue weighted by Crippen LogP contribution is 2.29. The van der Waals surface area contributed by atoms with E-state index in [1.165, 1.54) is 24.6 Å². The van der Waals surface area contributed by atoms with Crippen LogP contribution in [-0.4, -0.2) is 45.6 Å². The number of hydrogen-bond donors (Lipinski definition) is 1. The van der Waals surface area contributed by atoms with E-state index < -0.39 is 11.9 Å². The van der Waals surface area contributed by atoms with E-state index in [1.54, 1.807) is 41.4 Å². The number of aromatic nitrogens is 2. The summed E-state index contributed by atoms with van der Waals surface area (Å²) in [5.41, 5.74) is 2.42. The number of rotatable bonds is 7. The quantitative estimate of drug-likeness (QED) is 0.356. The zero-order valence-electron chi connectivity index (χ0n) is 20.4. The van der Waals surface area contributed by atoms with Gasteiger partial charge in [-0.1, -0.05) is 23.7 Å². The third kappa shape index (κ3) is 5.44. The molecule has 0 aliphatic carbocycles. The van der Waals surface area contributed by atoms with Gasteiger partial charge in [0, 0.05) is 43.5 Å². The van der Waals surface area contributed by atoms with E-state index in [4.69, 9.17) is 16.3 Å². The van der Waals surface area contributed by atoms with Crippen LogP contribution in [0.1, 0.15) is 36.9 Å². The first-order chi connectivity index (χ1) is 18.4. The molecule has 1 aromatic carbocycles. The van der Waals surface area contributed by atoms with Crippen LogP contribution in [0.3, 0.4) is 0 Å². The Morgan fingerprint density at radius 1 is 1.13 bits per heavy atom. The summed E-state index contributed by atoms with van der Waals surface area (Å²) < 4.78 is 5.17. The van der Waals surface area contributed by atoms with Crippen molar-refractivity contribution < 1.29 is 19.1 Å². The Bertz CT molecular complexity index is 1510.